The third-order valence-corrected chi connectivity index (χ3v) is 3.33. The predicted octanol–water partition coefficient (Wildman–Crippen LogP) is 3.72. The number of pyridine rings is 1. The molecule has 0 bridgehead atoms. The summed E-state index contributed by atoms with van der Waals surface area (Å²) in [7, 11) is 0. The van der Waals surface area contributed by atoms with Crippen LogP contribution >= 0.6 is 0 Å². The summed E-state index contributed by atoms with van der Waals surface area (Å²) in [6, 6.07) is 9.96. The highest BCUT2D eigenvalue weighted by molar-refractivity contribution is 5.67. The number of alkyl halides is 3. The van der Waals surface area contributed by atoms with Gasteiger partial charge in [-0.2, -0.15) is 13.2 Å². The molecule has 2 rings (SSSR count). The average molecular weight is 366 g/mol. The first-order valence-electron chi connectivity index (χ1n) is 7.77. The van der Waals surface area contributed by atoms with Crippen LogP contribution in [-0.4, -0.2) is 17.6 Å². The summed E-state index contributed by atoms with van der Waals surface area (Å²) in [6.45, 7) is 0.416. The molecule has 0 fully saturated rings. The number of carbonyl (C=O) groups is 1. The molecule has 0 atom stereocenters. The zero-order valence-electron chi connectivity index (χ0n) is 13.7. The van der Waals surface area contributed by atoms with Crippen LogP contribution in [0.1, 0.15) is 23.1 Å². The summed E-state index contributed by atoms with van der Waals surface area (Å²) < 4.78 is 43.0. The standard InChI is InChI=1S/C18H17F3N2O3/c19-18(20,21)15-10-14(11-23-16(15)24)8-4-5-9-22-17(25)26-12-13-6-2-1-3-7-13/h1-4,6-8,10-11H,5,9,12H2,(H,22,25)(H,23,24). The van der Waals surface area contributed by atoms with Gasteiger partial charge in [-0.15, -0.1) is 0 Å². The van der Waals surface area contributed by atoms with Crippen molar-refractivity contribution in [2.24, 2.45) is 0 Å². The molecule has 2 aromatic rings. The van der Waals surface area contributed by atoms with Crippen LogP contribution < -0.4 is 10.9 Å². The Bertz CT molecular complexity index is 814. The minimum absolute atomic E-state index is 0.153. The Hall–Kier alpha value is -3.03. The first-order chi connectivity index (χ1) is 12.4. The Balaban J connectivity index is 1.75. The van der Waals surface area contributed by atoms with Crippen LogP contribution in [0.5, 0.6) is 0 Å². The molecule has 0 aliphatic heterocycles. The Morgan fingerprint density at radius 2 is 1.96 bits per heavy atom. The van der Waals surface area contributed by atoms with Gasteiger partial charge in [-0.1, -0.05) is 42.5 Å². The first-order valence-corrected chi connectivity index (χ1v) is 7.77. The van der Waals surface area contributed by atoms with Crippen molar-refractivity contribution >= 4 is 12.2 Å². The molecule has 0 saturated heterocycles. The van der Waals surface area contributed by atoms with E-state index in [1.165, 1.54) is 12.3 Å². The number of hydrogen-bond donors (Lipinski definition) is 2. The largest absolute Gasteiger partial charge is 0.445 e. The van der Waals surface area contributed by atoms with Gasteiger partial charge in [0, 0.05) is 12.7 Å². The topological polar surface area (TPSA) is 71.2 Å². The number of nitrogens with one attached hydrogen (secondary N) is 2. The predicted molar refractivity (Wildman–Crippen MR) is 90.3 cm³/mol. The summed E-state index contributed by atoms with van der Waals surface area (Å²) in [5.74, 6) is 0. The van der Waals surface area contributed by atoms with Gasteiger partial charge in [0.15, 0.2) is 0 Å². The highest BCUT2D eigenvalue weighted by Crippen LogP contribution is 2.26. The molecule has 0 aliphatic carbocycles. The van der Waals surface area contributed by atoms with Crippen molar-refractivity contribution in [3.8, 4) is 0 Å². The van der Waals surface area contributed by atoms with Gasteiger partial charge >= 0.3 is 12.3 Å². The highest BCUT2D eigenvalue weighted by atomic mass is 19.4. The van der Waals surface area contributed by atoms with Crippen molar-refractivity contribution in [2.75, 3.05) is 6.54 Å². The van der Waals surface area contributed by atoms with Crippen LogP contribution in [0.4, 0.5) is 18.0 Å². The lowest BCUT2D eigenvalue weighted by Crippen LogP contribution is -2.24. The van der Waals surface area contributed by atoms with Gasteiger partial charge in [-0.3, -0.25) is 4.79 Å². The Kier molecular flexibility index (Phi) is 6.60. The van der Waals surface area contributed by atoms with Gasteiger partial charge in [0.05, 0.1) is 0 Å². The van der Waals surface area contributed by atoms with Gasteiger partial charge in [0.2, 0.25) is 0 Å². The Morgan fingerprint density at radius 3 is 2.65 bits per heavy atom. The maximum Gasteiger partial charge on any atom is 0.421 e. The maximum atomic E-state index is 12.7. The molecule has 0 unspecified atom stereocenters. The number of rotatable bonds is 6. The number of H-pyrrole nitrogens is 1. The summed E-state index contributed by atoms with van der Waals surface area (Å²) in [5.41, 5.74) is -1.36. The first kappa shape index (κ1) is 19.3. The van der Waals surface area contributed by atoms with Crippen LogP contribution in [0.25, 0.3) is 6.08 Å². The van der Waals surface area contributed by atoms with Crippen LogP contribution in [0.2, 0.25) is 0 Å². The Labute approximate surface area is 147 Å². The molecule has 0 saturated carbocycles. The van der Waals surface area contributed by atoms with Crippen LogP contribution in [-0.2, 0) is 17.5 Å². The minimum atomic E-state index is -4.71. The molecule has 26 heavy (non-hydrogen) atoms. The second-order valence-electron chi connectivity index (χ2n) is 5.35. The van der Waals surface area contributed by atoms with E-state index in [-0.39, 0.29) is 18.7 Å². The molecule has 1 aromatic heterocycles. The van der Waals surface area contributed by atoms with E-state index in [2.05, 4.69) is 5.32 Å². The van der Waals surface area contributed by atoms with E-state index in [0.717, 1.165) is 11.6 Å². The fourth-order valence-electron chi connectivity index (χ4n) is 2.06. The Morgan fingerprint density at radius 1 is 1.23 bits per heavy atom. The summed E-state index contributed by atoms with van der Waals surface area (Å²) in [4.78, 5) is 24.7. The second-order valence-corrected chi connectivity index (χ2v) is 5.35. The lowest BCUT2D eigenvalue weighted by atomic mass is 10.2. The van der Waals surface area contributed by atoms with Crippen molar-refractivity contribution in [2.45, 2.75) is 19.2 Å². The van der Waals surface area contributed by atoms with Crippen molar-refractivity contribution in [1.82, 2.24) is 10.3 Å². The van der Waals surface area contributed by atoms with E-state index < -0.39 is 23.4 Å². The summed E-state index contributed by atoms with van der Waals surface area (Å²) in [6.07, 6.45) is -0.684. The third-order valence-electron chi connectivity index (χ3n) is 3.33. The molecular weight excluding hydrogens is 349 g/mol. The smallest absolute Gasteiger partial charge is 0.421 e. The second kappa shape index (κ2) is 8.89. The molecule has 1 heterocycles. The van der Waals surface area contributed by atoms with E-state index in [4.69, 9.17) is 4.74 Å². The van der Waals surface area contributed by atoms with E-state index in [1.54, 1.807) is 6.08 Å². The molecular formula is C18H17F3N2O3. The van der Waals surface area contributed by atoms with Crippen LogP contribution in [0, 0.1) is 0 Å². The van der Waals surface area contributed by atoms with Crippen LogP contribution in [0.3, 0.4) is 0 Å². The van der Waals surface area contributed by atoms with Crippen LogP contribution in [0.15, 0.2) is 53.5 Å². The summed E-state index contributed by atoms with van der Waals surface area (Å²) >= 11 is 0. The van der Waals surface area contributed by atoms with E-state index in [1.807, 2.05) is 35.3 Å². The lowest BCUT2D eigenvalue weighted by molar-refractivity contribution is -0.138. The molecule has 1 aromatic carbocycles. The maximum absolute atomic E-state index is 12.7. The number of hydrogen-bond acceptors (Lipinski definition) is 3. The van der Waals surface area contributed by atoms with Gasteiger partial charge in [0.1, 0.15) is 12.2 Å². The number of aromatic nitrogens is 1. The number of carbonyl (C=O) groups excluding carboxylic acids is 1. The molecule has 1 amide bonds. The number of amides is 1. The molecule has 8 heteroatoms. The van der Waals surface area contributed by atoms with Gasteiger partial charge in [-0.05, 0) is 23.6 Å². The average Bonchev–Trinajstić information content (AvgIpc) is 2.61. The van der Waals surface area contributed by atoms with Gasteiger partial charge in [-0.25, -0.2) is 4.79 Å². The fourth-order valence-corrected chi connectivity index (χ4v) is 2.06. The number of ether oxygens (including phenoxy) is 1. The normalized spacial score (nSPS) is 11.5. The number of benzene rings is 1. The van der Waals surface area contributed by atoms with Crippen molar-refractivity contribution in [3.05, 3.63) is 75.7 Å². The molecule has 2 N–H and O–H groups in total. The molecule has 0 spiro atoms. The molecule has 138 valence electrons. The van der Waals surface area contributed by atoms with Crippen molar-refractivity contribution in [1.29, 1.82) is 0 Å². The SMILES string of the molecule is O=C(NCCC=Cc1c[nH]c(=O)c(C(F)(F)F)c1)OCc1ccccc1. The van der Waals surface area contributed by atoms with E-state index >= 15 is 0 Å². The van der Waals surface area contributed by atoms with E-state index in [0.29, 0.717) is 6.42 Å². The minimum Gasteiger partial charge on any atom is -0.445 e. The molecule has 0 radical (unpaired) electrons. The number of halogens is 3. The van der Waals surface area contributed by atoms with Crippen molar-refractivity contribution in [3.63, 3.8) is 0 Å². The van der Waals surface area contributed by atoms with Crippen molar-refractivity contribution < 1.29 is 22.7 Å². The van der Waals surface area contributed by atoms with Gasteiger partial charge < -0.3 is 15.0 Å². The van der Waals surface area contributed by atoms with E-state index in [9.17, 15) is 22.8 Å². The molecule has 5 nitrogen and oxygen atoms in total. The quantitative estimate of drug-likeness (QED) is 0.766. The molecule has 0 aliphatic rings. The zero-order valence-corrected chi connectivity index (χ0v) is 13.7. The summed E-state index contributed by atoms with van der Waals surface area (Å²) in [5, 5.41) is 2.53. The number of aromatic amines is 1. The van der Waals surface area contributed by atoms with Gasteiger partial charge in [0.25, 0.3) is 5.56 Å². The zero-order chi connectivity index (χ0) is 19.0. The number of alkyl carbamates (subject to hydrolysis) is 1. The lowest BCUT2D eigenvalue weighted by Gasteiger charge is -2.06. The fraction of sp³-hybridized carbons (Fsp3) is 0.222. The third kappa shape index (κ3) is 6.12. The highest BCUT2D eigenvalue weighted by Gasteiger charge is 2.33. The monoisotopic (exact) mass is 366 g/mol.